The Morgan fingerprint density at radius 3 is 1.77 bits per heavy atom. The molecule has 52 heavy (non-hydrogen) atoms. The Kier molecular flexibility index (Phi) is 9.62. The van der Waals surface area contributed by atoms with Gasteiger partial charge in [0.25, 0.3) is 11.8 Å². The number of carbonyl (C=O) groups excluding carboxylic acids is 2. The monoisotopic (exact) mass is 703 g/mol. The normalized spacial score (nSPS) is 10.6. The molecule has 0 fully saturated rings. The number of amides is 2. The summed E-state index contributed by atoms with van der Waals surface area (Å²) >= 11 is 0. The van der Waals surface area contributed by atoms with E-state index < -0.39 is 40.9 Å². The van der Waals surface area contributed by atoms with Gasteiger partial charge in [0, 0.05) is 37.3 Å². The van der Waals surface area contributed by atoms with Crippen molar-refractivity contribution in [1.82, 2.24) is 39.5 Å². The Morgan fingerprint density at radius 2 is 1.31 bits per heavy atom. The molecule has 4 aromatic heterocycles. The van der Waals surface area contributed by atoms with Crippen molar-refractivity contribution in [2.45, 2.75) is 6.42 Å². The summed E-state index contributed by atoms with van der Waals surface area (Å²) in [6.07, 6.45) is 9.18. The van der Waals surface area contributed by atoms with Crippen LogP contribution in [0, 0.1) is 17.1 Å². The molecular weight excluding hydrogens is 681 g/mol. The summed E-state index contributed by atoms with van der Waals surface area (Å²) < 4.78 is 23.7. The summed E-state index contributed by atoms with van der Waals surface area (Å²) in [6.45, 7) is -0.298. The molecule has 0 aliphatic carbocycles. The van der Waals surface area contributed by atoms with E-state index in [2.05, 4.69) is 41.0 Å². The summed E-state index contributed by atoms with van der Waals surface area (Å²) in [6, 6.07) is 11.6. The number of aromatic carboxylic acids is 2. The minimum atomic E-state index is -1.53. The Hall–Kier alpha value is -7.88. The van der Waals surface area contributed by atoms with Crippen molar-refractivity contribution in [3.8, 4) is 23.5 Å². The lowest BCUT2D eigenvalue weighted by Crippen LogP contribution is -2.18. The second-order valence-corrected chi connectivity index (χ2v) is 10.6. The van der Waals surface area contributed by atoms with E-state index >= 15 is 4.39 Å². The molecule has 0 bridgehead atoms. The average Bonchev–Trinajstić information content (AvgIpc) is 3.89. The highest BCUT2D eigenvalue weighted by Crippen LogP contribution is 2.28. The fraction of sp³-hybridized carbons (Fsp3) is 0.0606. The summed E-state index contributed by atoms with van der Waals surface area (Å²) in [7, 11) is 0. The maximum atomic E-state index is 15.0. The Balaban J connectivity index is 1.18. The van der Waals surface area contributed by atoms with E-state index in [4.69, 9.17) is 4.74 Å². The van der Waals surface area contributed by atoms with Crippen LogP contribution >= 0.6 is 0 Å². The molecule has 258 valence electrons. The van der Waals surface area contributed by atoms with Crippen LogP contribution in [0.15, 0.2) is 86.0 Å². The number of carboxylic acid groups (broad SMARTS) is 2. The zero-order valence-corrected chi connectivity index (χ0v) is 26.3. The first kappa shape index (κ1) is 34.0. The smallest absolute Gasteiger partial charge is 0.337 e. The van der Waals surface area contributed by atoms with Gasteiger partial charge < -0.3 is 25.6 Å². The lowest BCUT2D eigenvalue weighted by molar-refractivity contribution is 0.0686. The first-order valence-corrected chi connectivity index (χ1v) is 14.9. The van der Waals surface area contributed by atoms with Crippen molar-refractivity contribution >= 4 is 35.1 Å². The predicted molar refractivity (Wildman–Crippen MR) is 175 cm³/mol. The van der Waals surface area contributed by atoms with Crippen LogP contribution in [0.5, 0.6) is 5.75 Å². The maximum Gasteiger partial charge on any atom is 0.337 e. The number of nitriles is 1. The molecule has 0 radical (unpaired) electrons. The standard InChI is InChI=1S/C33H22FN11O7/c34-22-13-21(33(50)51)26(39-31(47)24-2-4-29(43-41-24)45-9-7-37-17-45)14-27(22)52-10-5-18-12-25(20(32(48)49)11-19(18)15-35)38-30(46)23-1-3-28(42-40-23)44-8-6-36-16-44/h1-4,6-9,11-14,16-17H,5,10H2,(H,38,46)(H,39,47)(H,48,49)(H,50,51). The van der Waals surface area contributed by atoms with Crippen molar-refractivity contribution < 1.29 is 38.5 Å². The molecule has 4 heterocycles. The molecule has 0 aliphatic heterocycles. The molecular formula is C33H22FN11O7. The highest BCUT2D eigenvalue weighted by Gasteiger charge is 2.21. The molecule has 0 saturated carbocycles. The zero-order chi connectivity index (χ0) is 36.8. The number of imidazole rings is 2. The first-order chi connectivity index (χ1) is 25.1. The number of carboxylic acids is 2. The van der Waals surface area contributed by atoms with Gasteiger partial charge in [-0.05, 0) is 48.0 Å². The van der Waals surface area contributed by atoms with Crippen molar-refractivity contribution in [2.75, 3.05) is 17.2 Å². The lowest BCUT2D eigenvalue weighted by atomic mass is 10.00. The number of rotatable bonds is 12. The molecule has 0 spiro atoms. The average molecular weight is 704 g/mol. The number of hydrogen-bond acceptors (Lipinski definition) is 12. The van der Waals surface area contributed by atoms with E-state index in [-0.39, 0.29) is 52.5 Å². The van der Waals surface area contributed by atoms with E-state index in [1.807, 2.05) is 6.07 Å². The molecule has 2 amide bonds. The van der Waals surface area contributed by atoms with E-state index in [1.54, 1.807) is 21.5 Å². The zero-order valence-electron chi connectivity index (χ0n) is 26.3. The van der Waals surface area contributed by atoms with Crippen molar-refractivity contribution in [1.29, 1.82) is 5.26 Å². The SMILES string of the molecule is N#Cc1cc(C(=O)O)c(NC(=O)c2ccc(-n3ccnc3)nn2)cc1CCOc1cc(NC(=O)c2ccc(-n3ccnc3)nn2)c(C(=O)O)cc1F. The van der Waals surface area contributed by atoms with Gasteiger partial charge in [-0.15, -0.1) is 20.4 Å². The van der Waals surface area contributed by atoms with E-state index in [0.717, 1.165) is 12.1 Å². The Labute approximate surface area is 290 Å². The number of anilines is 2. The van der Waals surface area contributed by atoms with Gasteiger partial charge in [0.15, 0.2) is 34.6 Å². The van der Waals surface area contributed by atoms with Crippen LogP contribution in [0.2, 0.25) is 0 Å². The summed E-state index contributed by atoms with van der Waals surface area (Å²) in [4.78, 5) is 57.6. The highest BCUT2D eigenvalue weighted by atomic mass is 19.1. The second-order valence-electron chi connectivity index (χ2n) is 10.6. The minimum absolute atomic E-state index is 0.0571. The number of nitrogens with one attached hydrogen (secondary N) is 2. The second kappa shape index (κ2) is 14.7. The van der Waals surface area contributed by atoms with Gasteiger partial charge in [0.05, 0.1) is 40.7 Å². The molecule has 6 rings (SSSR count). The van der Waals surface area contributed by atoms with Crippen LogP contribution in [-0.4, -0.2) is 80.1 Å². The number of carbonyl (C=O) groups is 4. The maximum absolute atomic E-state index is 15.0. The van der Waals surface area contributed by atoms with Gasteiger partial charge in [-0.3, -0.25) is 18.7 Å². The van der Waals surface area contributed by atoms with Gasteiger partial charge in [-0.25, -0.2) is 23.9 Å². The number of aromatic nitrogens is 8. The van der Waals surface area contributed by atoms with Crippen molar-refractivity contribution in [2.24, 2.45) is 0 Å². The van der Waals surface area contributed by atoms with Gasteiger partial charge in [-0.2, -0.15) is 5.26 Å². The van der Waals surface area contributed by atoms with Crippen molar-refractivity contribution in [3.05, 3.63) is 125 Å². The van der Waals surface area contributed by atoms with Gasteiger partial charge in [0.2, 0.25) is 0 Å². The van der Waals surface area contributed by atoms with E-state index in [9.17, 15) is 34.7 Å². The fourth-order valence-electron chi connectivity index (χ4n) is 4.78. The van der Waals surface area contributed by atoms with Crippen LogP contribution in [0.4, 0.5) is 15.8 Å². The molecule has 0 saturated heterocycles. The third-order valence-corrected chi connectivity index (χ3v) is 7.33. The van der Waals surface area contributed by atoms with Gasteiger partial charge in [-0.1, -0.05) is 0 Å². The van der Waals surface area contributed by atoms with Crippen LogP contribution in [-0.2, 0) is 6.42 Å². The lowest BCUT2D eigenvalue weighted by Gasteiger charge is -2.15. The molecule has 2 aromatic carbocycles. The quantitative estimate of drug-likeness (QED) is 0.143. The minimum Gasteiger partial charge on any atom is -0.490 e. The molecule has 0 unspecified atom stereocenters. The largest absolute Gasteiger partial charge is 0.490 e. The van der Waals surface area contributed by atoms with E-state index in [0.29, 0.717) is 17.7 Å². The first-order valence-electron chi connectivity index (χ1n) is 14.9. The summed E-state index contributed by atoms with van der Waals surface area (Å²) in [5, 5.41) is 49.7. The Morgan fingerprint density at radius 1 is 0.769 bits per heavy atom. The number of halogens is 1. The van der Waals surface area contributed by atoms with Crippen molar-refractivity contribution in [3.63, 3.8) is 0 Å². The number of benzene rings is 2. The molecule has 4 N–H and O–H groups in total. The topological polar surface area (TPSA) is 253 Å². The molecule has 19 heteroatoms. The Bertz CT molecular complexity index is 2340. The predicted octanol–water partition coefficient (Wildman–Crippen LogP) is 3.17. The molecule has 0 atom stereocenters. The van der Waals surface area contributed by atoms with E-state index in [1.165, 1.54) is 55.4 Å². The van der Waals surface area contributed by atoms with Crippen LogP contribution in [0.25, 0.3) is 11.6 Å². The number of nitrogens with zero attached hydrogens (tertiary/aromatic N) is 9. The summed E-state index contributed by atoms with van der Waals surface area (Å²) in [5.41, 5.74) is -1.53. The fourth-order valence-corrected chi connectivity index (χ4v) is 4.78. The summed E-state index contributed by atoms with van der Waals surface area (Å²) in [5.74, 6) is -5.32. The molecule has 0 aliphatic rings. The third-order valence-electron chi connectivity index (χ3n) is 7.33. The van der Waals surface area contributed by atoms with Gasteiger partial charge in [0.1, 0.15) is 12.7 Å². The van der Waals surface area contributed by atoms with Crippen LogP contribution < -0.4 is 15.4 Å². The molecule has 6 aromatic rings. The van der Waals surface area contributed by atoms with Crippen LogP contribution in [0.3, 0.4) is 0 Å². The third kappa shape index (κ3) is 7.40. The number of hydrogen-bond donors (Lipinski definition) is 4. The number of ether oxygens (including phenoxy) is 1. The van der Waals surface area contributed by atoms with Gasteiger partial charge >= 0.3 is 11.9 Å². The highest BCUT2D eigenvalue weighted by molar-refractivity contribution is 6.08. The van der Waals surface area contributed by atoms with Crippen LogP contribution in [0.1, 0.15) is 52.8 Å². The molecule has 18 nitrogen and oxygen atoms in total.